The summed E-state index contributed by atoms with van der Waals surface area (Å²) in [6.45, 7) is 2.97. The number of carbonyl (C=O) groups excluding carboxylic acids is 2. The van der Waals surface area contributed by atoms with E-state index >= 15 is 0 Å². The topological polar surface area (TPSA) is 71.3 Å². The second kappa shape index (κ2) is 8.63. The van der Waals surface area contributed by atoms with Crippen molar-refractivity contribution in [1.29, 1.82) is 0 Å². The van der Waals surface area contributed by atoms with Gasteiger partial charge < -0.3 is 9.80 Å². The number of amides is 2. The molecule has 1 atom stereocenters. The second-order valence-corrected chi connectivity index (χ2v) is 9.27. The Morgan fingerprint density at radius 1 is 1.16 bits per heavy atom. The van der Waals surface area contributed by atoms with Crippen LogP contribution in [0, 0.1) is 12.3 Å². The lowest BCUT2D eigenvalue weighted by Gasteiger charge is -2.31. The maximum atomic E-state index is 13.2. The molecule has 3 aromatic rings. The SMILES string of the molecule is Cc1cn(CC(=O)N2CCC(Cc3ccc(-c4ccsc4)cc3)(C(=O)N(C)C)C2)nn1. The lowest BCUT2D eigenvalue weighted by molar-refractivity contribution is -0.139. The van der Waals surface area contributed by atoms with E-state index in [0.29, 0.717) is 25.9 Å². The Bertz CT molecular complexity index is 1060. The number of carbonyl (C=O) groups is 2. The largest absolute Gasteiger partial charge is 0.348 e. The molecule has 0 bridgehead atoms. The van der Waals surface area contributed by atoms with E-state index in [4.69, 9.17) is 0 Å². The predicted molar refractivity (Wildman–Crippen MR) is 121 cm³/mol. The van der Waals surface area contributed by atoms with Crippen molar-refractivity contribution in [2.45, 2.75) is 26.3 Å². The van der Waals surface area contributed by atoms with Crippen molar-refractivity contribution in [2.24, 2.45) is 5.41 Å². The van der Waals surface area contributed by atoms with Crippen molar-refractivity contribution < 1.29 is 9.59 Å². The highest BCUT2D eigenvalue weighted by molar-refractivity contribution is 7.08. The summed E-state index contributed by atoms with van der Waals surface area (Å²) in [4.78, 5) is 29.5. The maximum Gasteiger partial charge on any atom is 0.244 e. The van der Waals surface area contributed by atoms with Gasteiger partial charge in [-0.1, -0.05) is 29.5 Å². The maximum absolute atomic E-state index is 13.2. The lowest BCUT2D eigenvalue weighted by Crippen LogP contribution is -2.45. The molecule has 31 heavy (non-hydrogen) atoms. The van der Waals surface area contributed by atoms with Crippen LogP contribution in [0.1, 0.15) is 17.7 Å². The van der Waals surface area contributed by atoms with Gasteiger partial charge in [-0.25, -0.2) is 4.68 Å². The van der Waals surface area contributed by atoms with Gasteiger partial charge in [0.05, 0.1) is 11.1 Å². The fourth-order valence-electron chi connectivity index (χ4n) is 4.30. The molecular formula is C23H27N5O2S. The fraction of sp³-hybridized carbons (Fsp3) is 0.391. The van der Waals surface area contributed by atoms with E-state index in [-0.39, 0.29) is 18.4 Å². The highest BCUT2D eigenvalue weighted by Gasteiger charge is 2.46. The molecule has 1 fully saturated rings. The first-order valence-electron chi connectivity index (χ1n) is 10.3. The monoisotopic (exact) mass is 437 g/mol. The van der Waals surface area contributed by atoms with E-state index in [1.807, 2.05) is 6.92 Å². The first-order chi connectivity index (χ1) is 14.9. The highest BCUT2D eigenvalue weighted by Crippen LogP contribution is 2.36. The van der Waals surface area contributed by atoms with Crippen LogP contribution >= 0.6 is 11.3 Å². The number of rotatable bonds is 6. The summed E-state index contributed by atoms with van der Waals surface area (Å²) >= 11 is 1.68. The Hall–Kier alpha value is -3.00. The molecule has 1 aliphatic heterocycles. The third kappa shape index (κ3) is 4.54. The molecule has 0 spiro atoms. The Morgan fingerprint density at radius 3 is 2.55 bits per heavy atom. The molecule has 0 aliphatic carbocycles. The fourth-order valence-corrected chi connectivity index (χ4v) is 4.96. The molecule has 162 valence electrons. The molecule has 2 amide bonds. The molecule has 1 aromatic carbocycles. The van der Waals surface area contributed by atoms with Crippen LogP contribution in [0.5, 0.6) is 0 Å². The van der Waals surface area contributed by atoms with Crippen molar-refractivity contribution in [3.8, 4) is 11.1 Å². The Morgan fingerprint density at radius 2 is 1.94 bits per heavy atom. The van der Waals surface area contributed by atoms with Gasteiger partial charge in [0, 0.05) is 33.4 Å². The molecule has 7 nitrogen and oxygen atoms in total. The van der Waals surface area contributed by atoms with Crippen LogP contribution in [0.3, 0.4) is 0 Å². The smallest absolute Gasteiger partial charge is 0.244 e. The summed E-state index contributed by atoms with van der Waals surface area (Å²) in [5.41, 5.74) is 3.65. The summed E-state index contributed by atoms with van der Waals surface area (Å²) < 4.78 is 1.55. The van der Waals surface area contributed by atoms with E-state index in [0.717, 1.165) is 11.3 Å². The number of hydrogen-bond donors (Lipinski definition) is 0. The van der Waals surface area contributed by atoms with E-state index in [9.17, 15) is 9.59 Å². The summed E-state index contributed by atoms with van der Waals surface area (Å²) in [7, 11) is 3.57. The number of aryl methyl sites for hydroxylation is 1. The Kier molecular flexibility index (Phi) is 5.91. The lowest BCUT2D eigenvalue weighted by atomic mass is 9.79. The number of thiophene rings is 1. The molecule has 1 saturated heterocycles. The zero-order chi connectivity index (χ0) is 22.0. The molecule has 1 unspecified atom stereocenters. The molecule has 3 heterocycles. The average molecular weight is 438 g/mol. The third-order valence-corrected chi connectivity index (χ3v) is 6.55. The van der Waals surface area contributed by atoms with Crippen molar-refractivity contribution in [3.63, 3.8) is 0 Å². The van der Waals surface area contributed by atoms with Crippen LogP contribution in [0.25, 0.3) is 11.1 Å². The minimum Gasteiger partial charge on any atom is -0.348 e. The molecular weight excluding hydrogens is 410 g/mol. The van der Waals surface area contributed by atoms with Gasteiger partial charge in [0.1, 0.15) is 6.54 Å². The van der Waals surface area contributed by atoms with Gasteiger partial charge in [-0.3, -0.25) is 9.59 Å². The van der Waals surface area contributed by atoms with Gasteiger partial charge in [-0.15, -0.1) is 5.10 Å². The predicted octanol–water partition coefficient (Wildman–Crippen LogP) is 2.86. The van der Waals surface area contributed by atoms with Gasteiger partial charge >= 0.3 is 0 Å². The van der Waals surface area contributed by atoms with E-state index in [1.165, 1.54) is 11.1 Å². The van der Waals surface area contributed by atoms with Gasteiger partial charge in [-0.2, -0.15) is 11.3 Å². The Balaban J connectivity index is 1.51. The van der Waals surface area contributed by atoms with Crippen molar-refractivity contribution >= 4 is 23.2 Å². The summed E-state index contributed by atoms with van der Waals surface area (Å²) in [6.07, 6.45) is 3.01. The van der Waals surface area contributed by atoms with Crippen LogP contribution < -0.4 is 0 Å². The normalized spacial score (nSPS) is 18.4. The van der Waals surface area contributed by atoms with Crippen LogP contribution in [-0.2, 0) is 22.6 Å². The third-order valence-electron chi connectivity index (χ3n) is 5.87. The quantitative estimate of drug-likeness (QED) is 0.595. The zero-order valence-electron chi connectivity index (χ0n) is 18.1. The first-order valence-corrected chi connectivity index (χ1v) is 11.3. The van der Waals surface area contributed by atoms with Crippen molar-refractivity contribution in [2.75, 3.05) is 27.2 Å². The zero-order valence-corrected chi connectivity index (χ0v) is 18.9. The van der Waals surface area contributed by atoms with Gasteiger partial charge in [0.25, 0.3) is 0 Å². The number of benzene rings is 1. The molecule has 2 aromatic heterocycles. The van der Waals surface area contributed by atoms with E-state index < -0.39 is 5.41 Å². The van der Waals surface area contributed by atoms with E-state index in [1.54, 1.807) is 46.1 Å². The van der Waals surface area contributed by atoms with Gasteiger partial charge in [-0.05, 0) is 53.3 Å². The summed E-state index contributed by atoms with van der Waals surface area (Å²) in [5.74, 6) is 0.0347. The van der Waals surface area contributed by atoms with Gasteiger partial charge in [0.15, 0.2) is 0 Å². The van der Waals surface area contributed by atoms with Crippen LogP contribution in [-0.4, -0.2) is 63.8 Å². The van der Waals surface area contributed by atoms with E-state index in [2.05, 4.69) is 51.4 Å². The van der Waals surface area contributed by atoms with Crippen LogP contribution in [0.2, 0.25) is 0 Å². The summed E-state index contributed by atoms with van der Waals surface area (Å²) in [5, 5.41) is 12.1. The molecule has 0 saturated carbocycles. The Labute approximate surface area is 186 Å². The van der Waals surface area contributed by atoms with Crippen molar-refractivity contribution in [1.82, 2.24) is 24.8 Å². The molecule has 1 aliphatic rings. The molecule has 4 rings (SSSR count). The average Bonchev–Trinajstić information content (AvgIpc) is 3.50. The second-order valence-electron chi connectivity index (χ2n) is 8.49. The van der Waals surface area contributed by atoms with Crippen LogP contribution in [0.4, 0.5) is 0 Å². The minimum absolute atomic E-state index is 0.0360. The number of hydrogen-bond acceptors (Lipinski definition) is 5. The minimum atomic E-state index is -0.610. The van der Waals surface area contributed by atoms with Gasteiger partial charge in [0.2, 0.25) is 11.8 Å². The molecule has 0 N–H and O–H groups in total. The molecule has 8 heteroatoms. The first kappa shape index (κ1) is 21.2. The summed E-state index contributed by atoms with van der Waals surface area (Å²) in [6, 6.07) is 10.5. The highest BCUT2D eigenvalue weighted by atomic mass is 32.1. The number of likely N-dealkylation sites (tertiary alicyclic amines) is 1. The van der Waals surface area contributed by atoms with Crippen LogP contribution in [0.15, 0.2) is 47.3 Å². The standard InChI is InChI=1S/C23H27N5O2S/c1-17-13-28(25-24-17)14-21(29)27-10-9-23(16-27,22(30)26(2)3)12-18-4-6-19(7-5-18)20-8-11-31-15-20/h4-8,11,13,15H,9-10,12,14,16H2,1-3H3. The molecule has 0 radical (unpaired) electrons. The number of nitrogens with zero attached hydrogens (tertiary/aromatic N) is 5. The number of aromatic nitrogens is 3. The van der Waals surface area contributed by atoms with Crippen molar-refractivity contribution in [3.05, 3.63) is 58.5 Å².